The summed E-state index contributed by atoms with van der Waals surface area (Å²) in [5, 5.41) is 15.1. The molecule has 1 aromatic carbocycles. The van der Waals surface area contributed by atoms with E-state index in [1.807, 2.05) is 6.07 Å². The molecule has 52 valence electrons. The van der Waals surface area contributed by atoms with E-state index in [4.69, 9.17) is 10.7 Å². The second kappa shape index (κ2) is 3.36. The van der Waals surface area contributed by atoms with Gasteiger partial charge < -0.3 is 0 Å². The molecule has 0 saturated heterocycles. The highest BCUT2D eigenvalue weighted by molar-refractivity contribution is 5.75. The van der Waals surface area contributed by atoms with Crippen molar-refractivity contribution < 1.29 is 0 Å². The molecule has 0 atom stereocenters. The predicted molar refractivity (Wildman–Crippen MR) is 43.3 cm³/mol. The molecule has 0 spiro atoms. The van der Waals surface area contributed by atoms with E-state index in [9.17, 15) is 0 Å². The van der Waals surface area contributed by atoms with Crippen molar-refractivity contribution in [1.29, 1.82) is 10.7 Å². The smallest absolute Gasteiger partial charge is 0.0991 e. The summed E-state index contributed by atoms with van der Waals surface area (Å²) in [4.78, 5) is 0. The Hall–Kier alpha value is -1.84. The molecule has 2 nitrogen and oxygen atoms in total. The zero-order valence-corrected chi connectivity index (χ0v) is 5.83. The van der Waals surface area contributed by atoms with Crippen molar-refractivity contribution in [3.05, 3.63) is 35.4 Å². The topological polar surface area (TPSA) is 47.6 Å². The number of benzene rings is 1. The quantitative estimate of drug-likeness (QED) is 0.597. The molecule has 0 unspecified atom stereocenters. The Bertz CT molecular complexity index is 324. The van der Waals surface area contributed by atoms with Crippen LogP contribution in [0.5, 0.6) is 0 Å². The first-order valence-electron chi connectivity index (χ1n) is 3.12. The fourth-order valence-electron chi connectivity index (χ4n) is 0.737. The van der Waals surface area contributed by atoms with Crippen molar-refractivity contribution in [2.24, 2.45) is 0 Å². The van der Waals surface area contributed by atoms with E-state index < -0.39 is 0 Å². The highest BCUT2D eigenvalue weighted by atomic mass is 14.3. The molecule has 0 aliphatic carbocycles. The van der Waals surface area contributed by atoms with E-state index in [0.29, 0.717) is 5.56 Å². The molecule has 0 radical (unpaired) electrons. The van der Waals surface area contributed by atoms with Gasteiger partial charge in [0.2, 0.25) is 0 Å². The van der Waals surface area contributed by atoms with Crippen LogP contribution in [-0.4, -0.2) is 5.87 Å². The van der Waals surface area contributed by atoms with Crippen molar-refractivity contribution >= 4 is 11.9 Å². The van der Waals surface area contributed by atoms with Crippen LogP contribution in [0.4, 0.5) is 0 Å². The Morgan fingerprint density at radius 2 is 1.91 bits per heavy atom. The molecule has 1 N–H and O–H groups in total. The normalized spacial score (nSPS) is 7.91. The molecular formula is C9H6N2. The summed E-state index contributed by atoms with van der Waals surface area (Å²) in [6.07, 6.45) is 1.54. The number of hydrogen-bond donors (Lipinski definition) is 1. The number of nitrogens with zero attached hydrogens (tertiary/aromatic N) is 1. The summed E-state index contributed by atoms with van der Waals surface area (Å²) in [6.45, 7) is 0. The van der Waals surface area contributed by atoms with Gasteiger partial charge in [0.05, 0.1) is 11.6 Å². The summed E-state index contributed by atoms with van der Waals surface area (Å²) >= 11 is 0. The first kappa shape index (κ1) is 7.27. The van der Waals surface area contributed by atoms with E-state index in [1.54, 1.807) is 30.3 Å². The van der Waals surface area contributed by atoms with Crippen LogP contribution < -0.4 is 0 Å². The molecule has 0 heterocycles. The van der Waals surface area contributed by atoms with Gasteiger partial charge in [-0.3, -0.25) is 5.41 Å². The van der Waals surface area contributed by atoms with Crippen LogP contribution in [0.1, 0.15) is 11.1 Å². The van der Waals surface area contributed by atoms with Crippen LogP contribution in [0.25, 0.3) is 6.08 Å². The van der Waals surface area contributed by atoms with Crippen LogP contribution in [0.2, 0.25) is 0 Å². The zero-order valence-electron chi connectivity index (χ0n) is 5.83. The molecule has 11 heavy (non-hydrogen) atoms. The highest BCUT2D eigenvalue weighted by Gasteiger charge is 1.87. The third-order valence-electron chi connectivity index (χ3n) is 1.28. The molecule has 0 aromatic heterocycles. The first-order chi connectivity index (χ1) is 5.36. The molecule has 0 amide bonds. The molecule has 0 fully saturated rings. The third-order valence-corrected chi connectivity index (χ3v) is 1.28. The predicted octanol–water partition coefficient (Wildman–Crippen LogP) is 1.82. The van der Waals surface area contributed by atoms with Crippen LogP contribution in [0.15, 0.2) is 24.3 Å². The second-order valence-electron chi connectivity index (χ2n) is 2.02. The maximum Gasteiger partial charge on any atom is 0.0991 e. The average Bonchev–Trinajstić information content (AvgIpc) is 2.07. The Kier molecular flexibility index (Phi) is 2.22. The van der Waals surface area contributed by atoms with Crippen molar-refractivity contribution in [3.8, 4) is 6.07 Å². The standard InChI is InChI=1S/C9H6N2/c10-6-5-8-1-3-9(7-11)4-2-8/h1-5,10H. The molecule has 1 aromatic rings. The summed E-state index contributed by atoms with van der Waals surface area (Å²) in [5.74, 6) is 2.16. The van der Waals surface area contributed by atoms with Gasteiger partial charge in [0.15, 0.2) is 0 Å². The number of nitrogens with one attached hydrogen (secondary N) is 1. The van der Waals surface area contributed by atoms with Crippen LogP contribution >= 0.6 is 0 Å². The summed E-state index contributed by atoms with van der Waals surface area (Å²) in [6, 6.07) is 8.99. The van der Waals surface area contributed by atoms with E-state index in [-0.39, 0.29) is 0 Å². The summed E-state index contributed by atoms with van der Waals surface area (Å²) in [7, 11) is 0. The van der Waals surface area contributed by atoms with Crippen LogP contribution in [0.3, 0.4) is 0 Å². The van der Waals surface area contributed by atoms with Crippen LogP contribution in [0, 0.1) is 16.7 Å². The lowest BCUT2D eigenvalue weighted by molar-refractivity contribution is 1.48. The molecule has 0 bridgehead atoms. The molecule has 0 saturated carbocycles. The lowest BCUT2D eigenvalue weighted by Gasteiger charge is -1.89. The summed E-state index contributed by atoms with van der Waals surface area (Å²) in [5.41, 5.74) is 1.52. The van der Waals surface area contributed by atoms with Gasteiger partial charge in [-0.15, -0.1) is 0 Å². The monoisotopic (exact) mass is 142 g/mol. The fourth-order valence-corrected chi connectivity index (χ4v) is 0.737. The minimum absolute atomic E-state index is 0.632. The van der Waals surface area contributed by atoms with Gasteiger partial charge in [-0.2, -0.15) is 5.26 Å². The van der Waals surface area contributed by atoms with Gasteiger partial charge in [-0.05, 0) is 23.6 Å². The third kappa shape index (κ3) is 1.79. The molecule has 0 aliphatic heterocycles. The molecular weight excluding hydrogens is 136 g/mol. The zero-order chi connectivity index (χ0) is 8.10. The van der Waals surface area contributed by atoms with Gasteiger partial charge in [0.25, 0.3) is 0 Å². The van der Waals surface area contributed by atoms with Gasteiger partial charge >= 0.3 is 0 Å². The highest BCUT2D eigenvalue weighted by Crippen LogP contribution is 2.02. The molecule has 2 heteroatoms. The Labute approximate surface area is 64.9 Å². The van der Waals surface area contributed by atoms with Gasteiger partial charge in [0, 0.05) is 6.08 Å². The minimum atomic E-state index is 0.632. The first-order valence-corrected chi connectivity index (χ1v) is 3.12. The van der Waals surface area contributed by atoms with Crippen molar-refractivity contribution in [2.45, 2.75) is 0 Å². The maximum absolute atomic E-state index is 8.45. The van der Waals surface area contributed by atoms with E-state index in [2.05, 4.69) is 5.87 Å². The van der Waals surface area contributed by atoms with Gasteiger partial charge in [-0.25, -0.2) is 0 Å². The fraction of sp³-hybridized carbons (Fsp3) is 0. The lowest BCUT2D eigenvalue weighted by Crippen LogP contribution is -1.74. The lowest BCUT2D eigenvalue weighted by atomic mass is 10.1. The number of nitriles is 1. The summed E-state index contributed by atoms with van der Waals surface area (Å²) < 4.78 is 0. The SMILES string of the molecule is N#Cc1ccc(C=C=N)cc1. The van der Waals surface area contributed by atoms with Crippen LogP contribution in [-0.2, 0) is 0 Å². The van der Waals surface area contributed by atoms with Crippen molar-refractivity contribution in [3.63, 3.8) is 0 Å². The number of hydrogen-bond acceptors (Lipinski definition) is 2. The Morgan fingerprint density at radius 3 is 2.36 bits per heavy atom. The van der Waals surface area contributed by atoms with E-state index in [1.165, 1.54) is 0 Å². The number of rotatable bonds is 1. The van der Waals surface area contributed by atoms with Gasteiger partial charge in [0.1, 0.15) is 0 Å². The van der Waals surface area contributed by atoms with Gasteiger partial charge in [-0.1, -0.05) is 12.1 Å². The van der Waals surface area contributed by atoms with E-state index >= 15 is 0 Å². The maximum atomic E-state index is 8.45. The molecule has 0 aliphatic rings. The largest absolute Gasteiger partial charge is 0.259 e. The average molecular weight is 142 g/mol. The molecule has 1 rings (SSSR count). The second-order valence-corrected chi connectivity index (χ2v) is 2.02. The van der Waals surface area contributed by atoms with E-state index in [0.717, 1.165) is 5.56 Å². The van der Waals surface area contributed by atoms with Crippen molar-refractivity contribution in [2.75, 3.05) is 0 Å². The minimum Gasteiger partial charge on any atom is -0.259 e. The van der Waals surface area contributed by atoms with Crippen molar-refractivity contribution in [1.82, 2.24) is 0 Å². The Morgan fingerprint density at radius 1 is 1.27 bits per heavy atom. The Balaban J connectivity index is 3.02.